The van der Waals surface area contributed by atoms with Crippen molar-refractivity contribution in [3.63, 3.8) is 0 Å². The van der Waals surface area contributed by atoms with E-state index in [9.17, 15) is 9.59 Å². The number of piperidine rings is 1. The van der Waals surface area contributed by atoms with Gasteiger partial charge < -0.3 is 5.32 Å². The number of ketones is 1. The van der Waals surface area contributed by atoms with Gasteiger partial charge in [-0.05, 0) is 5.92 Å². The Bertz CT molecular complexity index is 223. The maximum absolute atomic E-state index is 11.4. The SMILES string of the molecule is CC(C)C1(C)CC(=O)CNC1=O. The van der Waals surface area contributed by atoms with Gasteiger partial charge in [-0.3, -0.25) is 9.59 Å². The van der Waals surface area contributed by atoms with Gasteiger partial charge in [0.2, 0.25) is 5.91 Å². The van der Waals surface area contributed by atoms with Crippen molar-refractivity contribution in [3.8, 4) is 0 Å². The molecule has 1 amide bonds. The van der Waals surface area contributed by atoms with Crippen LogP contribution in [0, 0.1) is 11.3 Å². The maximum atomic E-state index is 11.4. The predicted molar refractivity (Wildman–Crippen MR) is 45.6 cm³/mol. The second-order valence-corrected chi connectivity index (χ2v) is 3.97. The third-order valence-electron chi connectivity index (χ3n) is 2.80. The Kier molecular flexibility index (Phi) is 2.22. The highest BCUT2D eigenvalue weighted by atomic mass is 16.2. The molecule has 0 aromatic heterocycles. The van der Waals surface area contributed by atoms with Crippen LogP contribution >= 0.6 is 0 Å². The molecule has 68 valence electrons. The molecule has 0 spiro atoms. The normalized spacial score (nSPS) is 30.7. The molecule has 0 saturated carbocycles. The van der Waals surface area contributed by atoms with E-state index >= 15 is 0 Å². The number of nitrogens with one attached hydrogen (secondary N) is 1. The van der Waals surface area contributed by atoms with Crippen LogP contribution in [0.3, 0.4) is 0 Å². The van der Waals surface area contributed by atoms with Gasteiger partial charge in [0, 0.05) is 6.42 Å². The molecular weight excluding hydrogens is 154 g/mol. The van der Waals surface area contributed by atoms with E-state index in [0.29, 0.717) is 6.42 Å². The fourth-order valence-corrected chi connectivity index (χ4v) is 1.40. The van der Waals surface area contributed by atoms with Crippen LogP contribution in [-0.2, 0) is 9.59 Å². The number of carbonyl (C=O) groups excluding carboxylic acids is 2. The molecular formula is C9H15NO2. The molecule has 1 atom stereocenters. The van der Waals surface area contributed by atoms with Crippen LogP contribution < -0.4 is 5.32 Å². The fourth-order valence-electron chi connectivity index (χ4n) is 1.40. The Balaban J connectivity index is 2.85. The minimum Gasteiger partial charge on any atom is -0.349 e. The zero-order chi connectivity index (χ0) is 9.35. The molecule has 1 saturated heterocycles. The van der Waals surface area contributed by atoms with Crippen LogP contribution in [0.5, 0.6) is 0 Å². The summed E-state index contributed by atoms with van der Waals surface area (Å²) in [4.78, 5) is 22.6. The summed E-state index contributed by atoms with van der Waals surface area (Å²) >= 11 is 0. The van der Waals surface area contributed by atoms with Crippen LogP contribution in [0.1, 0.15) is 27.2 Å². The summed E-state index contributed by atoms with van der Waals surface area (Å²) in [5.74, 6) is 0.352. The zero-order valence-corrected chi connectivity index (χ0v) is 7.81. The lowest BCUT2D eigenvalue weighted by Crippen LogP contribution is -2.50. The Labute approximate surface area is 72.5 Å². The maximum Gasteiger partial charge on any atom is 0.227 e. The number of hydrogen-bond donors (Lipinski definition) is 1. The lowest BCUT2D eigenvalue weighted by atomic mass is 9.72. The molecule has 0 aliphatic carbocycles. The van der Waals surface area contributed by atoms with Gasteiger partial charge in [-0.2, -0.15) is 0 Å². The number of Topliss-reactive ketones (excluding diaryl/α,β-unsaturated/α-hetero) is 1. The summed E-state index contributed by atoms with van der Waals surface area (Å²) in [6.07, 6.45) is 0.385. The molecule has 0 aromatic rings. The number of amides is 1. The summed E-state index contributed by atoms with van der Waals surface area (Å²) in [7, 11) is 0. The second kappa shape index (κ2) is 2.88. The first-order chi connectivity index (χ1) is 5.47. The molecule has 1 heterocycles. The smallest absolute Gasteiger partial charge is 0.227 e. The van der Waals surface area contributed by atoms with E-state index < -0.39 is 5.41 Å². The van der Waals surface area contributed by atoms with Crippen LogP contribution in [0.2, 0.25) is 0 Å². The van der Waals surface area contributed by atoms with E-state index in [1.165, 1.54) is 0 Å². The van der Waals surface area contributed by atoms with Crippen LogP contribution in [0.4, 0.5) is 0 Å². The summed E-state index contributed by atoms with van der Waals surface area (Å²) in [5.41, 5.74) is -0.491. The molecule has 0 aromatic carbocycles. The van der Waals surface area contributed by atoms with Crippen molar-refractivity contribution >= 4 is 11.7 Å². The first kappa shape index (κ1) is 9.23. The van der Waals surface area contributed by atoms with Crippen molar-refractivity contribution in [2.45, 2.75) is 27.2 Å². The van der Waals surface area contributed by atoms with E-state index in [0.717, 1.165) is 0 Å². The summed E-state index contributed by atoms with van der Waals surface area (Å²) in [6.45, 7) is 6.00. The first-order valence-corrected chi connectivity index (χ1v) is 4.27. The summed E-state index contributed by atoms with van der Waals surface area (Å²) in [6, 6.07) is 0. The molecule has 1 unspecified atom stereocenters. The molecule has 1 aliphatic heterocycles. The summed E-state index contributed by atoms with van der Waals surface area (Å²) in [5, 5.41) is 2.62. The van der Waals surface area contributed by atoms with Crippen molar-refractivity contribution in [3.05, 3.63) is 0 Å². The molecule has 1 N–H and O–H groups in total. The molecule has 0 radical (unpaired) electrons. The van der Waals surface area contributed by atoms with Crippen molar-refractivity contribution in [2.24, 2.45) is 11.3 Å². The van der Waals surface area contributed by atoms with Crippen molar-refractivity contribution in [1.29, 1.82) is 0 Å². The average molecular weight is 169 g/mol. The lowest BCUT2D eigenvalue weighted by molar-refractivity contribution is -0.142. The summed E-state index contributed by atoms with van der Waals surface area (Å²) < 4.78 is 0. The minimum atomic E-state index is -0.491. The Morgan fingerprint density at radius 2 is 2.00 bits per heavy atom. The highest BCUT2D eigenvalue weighted by molar-refractivity contribution is 5.96. The third kappa shape index (κ3) is 1.36. The number of rotatable bonds is 1. The van der Waals surface area contributed by atoms with Gasteiger partial charge in [0.25, 0.3) is 0 Å². The Morgan fingerprint density at radius 1 is 1.42 bits per heavy atom. The topological polar surface area (TPSA) is 46.2 Å². The highest BCUT2D eigenvalue weighted by Gasteiger charge is 2.41. The van der Waals surface area contributed by atoms with Crippen LogP contribution in [-0.4, -0.2) is 18.2 Å². The quantitative estimate of drug-likeness (QED) is 0.629. The zero-order valence-electron chi connectivity index (χ0n) is 7.81. The molecule has 12 heavy (non-hydrogen) atoms. The van der Waals surface area contributed by atoms with E-state index in [2.05, 4.69) is 5.32 Å². The Hall–Kier alpha value is -0.860. The average Bonchev–Trinajstić information content (AvgIpc) is 1.97. The third-order valence-corrected chi connectivity index (χ3v) is 2.80. The van der Waals surface area contributed by atoms with Crippen LogP contribution in [0.25, 0.3) is 0 Å². The fraction of sp³-hybridized carbons (Fsp3) is 0.778. The highest BCUT2D eigenvalue weighted by Crippen LogP contribution is 2.33. The van der Waals surface area contributed by atoms with E-state index in [4.69, 9.17) is 0 Å². The molecule has 3 heteroatoms. The molecule has 1 rings (SSSR count). The van der Waals surface area contributed by atoms with Crippen LogP contribution in [0.15, 0.2) is 0 Å². The number of hydrogen-bond acceptors (Lipinski definition) is 2. The van der Waals surface area contributed by atoms with E-state index in [1.807, 2.05) is 20.8 Å². The Morgan fingerprint density at radius 3 is 2.42 bits per heavy atom. The molecule has 3 nitrogen and oxygen atoms in total. The first-order valence-electron chi connectivity index (χ1n) is 4.27. The van der Waals surface area contributed by atoms with E-state index in [-0.39, 0.29) is 24.2 Å². The largest absolute Gasteiger partial charge is 0.349 e. The monoisotopic (exact) mass is 169 g/mol. The molecule has 0 bridgehead atoms. The van der Waals surface area contributed by atoms with Crippen molar-refractivity contribution in [2.75, 3.05) is 6.54 Å². The number of carbonyl (C=O) groups is 2. The van der Waals surface area contributed by atoms with Gasteiger partial charge >= 0.3 is 0 Å². The second-order valence-electron chi connectivity index (χ2n) is 3.97. The van der Waals surface area contributed by atoms with Gasteiger partial charge in [-0.25, -0.2) is 0 Å². The van der Waals surface area contributed by atoms with Crippen molar-refractivity contribution < 1.29 is 9.59 Å². The van der Waals surface area contributed by atoms with Gasteiger partial charge in [-0.1, -0.05) is 20.8 Å². The van der Waals surface area contributed by atoms with Crippen molar-refractivity contribution in [1.82, 2.24) is 5.32 Å². The van der Waals surface area contributed by atoms with E-state index in [1.54, 1.807) is 0 Å². The standard InChI is InChI=1S/C9H15NO2/c1-6(2)9(3)4-7(11)5-10-8(9)12/h6H,4-5H2,1-3H3,(H,10,12). The minimum absolute atomic E-state index is 0.0112. The lowest BCUT2D eigenvalue weighted by Gasteiger charge is -2.34. The molecule has 1 aliphatic rings. The van der Waals surface area contributed by atoms with Gasteiger partial charge in [0.1, 0.15) is 0 Å². The van der Waals surface area contributed by atoms with Gasteiger partial charge in [0.05, 0.1) is 12.0 Å². The van der Waals surface area contributed by atoms with Gasteiger partial charge in [-0.15, -0.1) is 0 Å². The predicted octanol–water partition coefficient (Wildman–Crippen LogP) is 0.738. The molecule has 1 fully saturated rings. The van der Waals surface area contributed by atoms with Gasteiger partial charge in [0.15, 0.2) is 5.78 Å².